The Bertz CT molecular complexity index is 353. The molecule has 3 rings (SSSR count). The Kier molecular flexibility index (Phi) is 3.89. The Morgan fingerprint density at radius 3 is 2.55 bits per heavy atom. The summed E-state index contributed by atoms with van der Waals surface area (Å²) < 4.78 is 6.09. The molecule has 1 heterocycles. The third-order valence-corrected chi connectivity index (χ3v) is 5.77. The van der Waals surface area contributed by atoms with Crippen LogP contribution in [0.15, 0.2) is 0 Å². The summed E-state index contributed by atoms with van der Waals surface area (Å²) in [6, 6.07) is 0. The van der Waals surface area contributed by atoms with E-state index < -0.39 is 0 Å². The molecule has 2 aliphatic carbocycles. The molecule has 1 aliphatic heterocycles. The van der Waals surface area contributed by atoms with Gasteiger partial charge in [-0.2, -0.15) is 0 Å². The topological polar surface area (TPSA) is 38.5 Å². The number of nitrogens with two attached hydrogens (primary N) is 1. The van der Waals surface area contributed by atoms with E-state index in [4.69, 9.17) is 10.5 Å². The zero-order valence-electron chi connectivity index (χ0n) is 13.5. The third kappa shape index (κ3) is 2.90. The molecule has 20 heavy (non-hydrogen) atoms. The quantitative estimate of drug-likeness (QED) is 0.864. The van der Waals surface area contributed by atoms with Crippen LogP contribution in [0.4, 0.5) is 0 Å². The average molecular weight is 280 g/mol. The maximum Gasteiger partial charge on any atom is 0.0757 e. The summed E-state index contributed by atoms with van der Waals surface area (Å²) in [6.45, 7) is 9.56. The van der Waals surface area contributed by atoms with Crippen molar-refractivity contribution in [1.82, 2.24) is 4.90 Å². The van der Waals surface area contributed by atoms with Gasteiger partial charge in [0, 0.05) is 25.2 Å². The van der Waals surface area contributed by atoms with E-state index in [1.54, 1.807) is 0 Å². The van der Waals surface area contributed by atoms with Crippen LogP contribution in [0, 0.1) is 11.8 Å². The van der Waals surface area contributed by atoms with Crippen LogP contribution >= 0.6 is 0 Å². The molecule has 3 unspecified atom stereocenters. The molecule has 0 amide bonds. The predicted octanol–water partition coefficient (Wildman–Crippen LogP) is 2.78. The van der Waals surface area contributed by atoms with Gasteiger partial charge >= 0.3 is 0 Å². The van der Waals surface area contributed by atoms with Crippen LogP contribution in [0.25, 0.3) is 0 Å². The van der Waals surface area contributed by atoms with Crippen LogP contribution in [0.5, 0.6) is 0 Å². The molecule has 0 aromatic rings. The van der Waals surface area contributed by atoms with Crippen molar-refractivity contribution in [1.29, 1.82) is 0 Å². The summed E-state index contributed by atoms with van der Waals surface area (Å²) in [4.78, 5) is 2.69. The molecule has 3 atom stereocenters. The van der Waals surface area contributed by atoms with Gasteiger partial charge in [-0.3, -0.25) is 4.90 Å². The first-order chi connectivity index (χ1) is 9.44. The van der Waals surface area contributed by atoms with Crippen LogP contribution in [0.2, 0.25) is 0 Å². The minimum absolute atomic E-state index is 0.0354. The third-order valence-electron chi connectivity index (χ3n) is 5.77. The molecule has 1 saturated heterocycles. The summed E-state index contributed by atoms with van der Waals surface area (Å²) in [5.74, 6) is 1.96. The molecule has 3 fully saturated rings. The summed E-state index contributed by atoms with van der Waals surface area (Å²) >= 11 is 0. The van der Waals surface area contributed by atoms with E-state index in [1.807, 2.05) is 0 Å². The molecule has 0 bridgehead atoms. The van der Waals surface area contributed by atoms with E-state index in [9.17, 15) is 0 Å². The molecular weight excluding hydrogens is 248 g/mol. The van der Waals surface area contributed by atoms with Crippen LogP contribution in [-0.4, -0.2) is 41.8 Å². The van der Waals surface area contributed by atoms with E-state index in [0.717, 1.165) is 31.5 Å². The molecule has 3 heteroatoms. The van der Waals surface area contributed by atoms with Crippen molar-refractivity contribution in [3.05, 3.63) is 0 Å². The minimum Gasteiger partial charge on any atom is -0.370 e. The predicted molar refractivity (Wildman–Crippen MR) is 82.7 cm³/mol. The summed E-state index contributed by atoms with van der Waals surface area (Å²) in [5.41, 5.74) is 6.52. The molecule has 2 N–H and O–H groups in total. The molecular formula is C17H32N2O. The number of ether oxygens (including phenoxy) is 1. The maximum atomic E-state index is 6.30. The number of rotatable bonds is 3. The lowest BCUT2D eigenvalue weighted by molar-refractivity contribution is -0.159. The summed E-state index contributed by atoms with van der Waals surface area (Å²) in [6.07, 6.45) is 8.68. The Morgan fingerprint density at radius 2 is 1.95 bits per heavy atom. The van der Waals surface area contributed by atoms with Gasteiger partial charge < -0.3 is 10.5 Å². The van der Waals surface area contributed by atoms with Crippen molar-refractivity contribution in [2.75, 3.05) is 19.6 Å². The Labute approximate surface area is 124 Å². The lowest BCUT2D eigenvalue weighted by atomic mass is 9.72. The van der Waals surface area contributed by atoms with Crippen LogP contribution in [0.3, 0.4) is 0 Å². The van der Waals surface area contributed by atoms with Crippen molar-refractivity contribution in [2.24, 2.45) is 17.6 Å². The average Bonchev–Trinajstić information content (AvgIpc) is 3.20. The van der Waals surface area contributed by atoms with E-state index in [1.165, 1.54) is 38.5 Å². The Balaban J connectivity index is 1.76. The van der Waals surface area contributed by atoms with Gasteiger partial charge in [-0.15, -0.1) is 0 Å². The van der Waals surface area contributed by atoms with Crippen LogP contribution < -0.4 is 5.73 Å². The zero-order chi connectivity index (χ0) is 14.4. The number of hydrogen-bond acceptors (Lipinski definition) is 3. The van der Waals surface area contributed by atoms with Gasteiger partial charge in [-0.25, -0.2) is 0 Å². The summed E-state index contributed by atoms with van der Waals surface area (Å²) in [7, 11) is 0. The van der Waals surface area contributed by atoms with Crippen molar-refractivity contribution in [3.63, 3.8) is 0 Å². The van der Waals surface area contributed by atoms with Gasteiger partial charge in [0.15, 0.2) is 0 Å². The van der Waals surface area contributed by atoms with Gasteiger partial charge in [0.25, 0.3) is 0 Å². The normalized spacial score (nSPS) is 42.6. The van der Waals surface area contributed by atoms with E-state index in [2.05, 4.69) is 25.7 Å². The minimum atomic E-state index is -0.0354. The van der Waals surface area contributed by atoms with E-state index in [0.29, 0.717) is 6.10 Å². The smallest absolute Gasteiger partial charge is 0.0757 e. The molecule has 0 spiro atoms. The van der Waals surface area contributed by atoms with Crippen LogP contribution in [-0.2, 0) is 4.74 Å². The first-order valence-corrected chi connectivity index (χ1v) is 8.57. The van der Waals surface area contributed by atoms with Gasteiger partial charge in [0.2, 0.25) is 0 Å². The first-order valence-electron chi connectivity index (χ1n) is 8.57. The van der Waals surface area contributed by atoms with Gasteiger partial charge in [-0.05, 0) is 58.3 Å². The highest BCUT2D eigenvalue weighted by Crippen LogP contribution is 2.48. The fourth-order valence-electron chi connectivity index (χ4n) is 4.77. The fraction of sp³-hybridized carbons (Fsp3) is 1.00. The SMILES string of the molecule is CC1CN(C2(CN)CCCC(C3CC3)C2)CC(C)(C)O1. The van der Waals surface area contributed by atoms with Crippen molar-refractivity contribution >= 4 is 0 Å². The van der Waals surface area contributed by atoms with Crippen molar-refractivity contribution < 1.29 is 4.74 Å². The highest BCUT2D eigenvalue weighted by Gasteiger charge is 2.47. The number of hydrogen-bond donors (Lipinski definition) is 1. The standard InChI is InChI=1S/C17H32N2O/c1-13-10-19(12-16(2,3)20-13)17(11-18)8-4-5-15(9-17)14-6-7-14/h13-15H,4-12,18H2,1-3H3. The molecule has 2 saturated carbocycles. The number of morpholine rings is 1. The lowest BCUT2D eigenvalue weighted by Crippen LogP contribution is -2.64. The van der Waals surface area contributed by atoms with Gasteiger partial charge in [0.05, 0.1) is 11.7 Å². The molecule has 3 nitrogen and oxygen atoms in total. The second-order valence-electron chi connectivity index (χ2n) is 8.19. The fourth-order valence-corrected chi connectivity index (χ4v) is 4.77. The molecule has 3 aliphatic rings. The van der Waals surface area contributed by atoms with E-state index in [-0.39, 0.29) is 11.1 Å². The molecule has 0 aromatic carbocycles. The lowest BCUT2D eigenvalue weighted by Gasteiger charge is -2.54. The maximum absolute atomic E-state index is 6.30. The molecule has 0 aromatic heterocycles. The summed E-state index contributed by atoms with van der Waals surface area (Å²) in [5, 5.41) is 0. The van der Waals surface area contributed by atoms with Gasteiger partial charge in [-0.1, -0.05) is 12.8 Å². The van der Waals surface area contributed by atoms with Crippen molar-refractivity contribution in [2.45, 2.75) is 76.5 Å². The highest BCUT2D eigenvalue weighted by atomic mass is 16.5. The second kappa shape index (κ2) is 5.26. The second-order valence-corrected chi connectivity index (χ2v) is 8.19. The van der Waals surface area contributed by atoms with Gasteiger partial charge in [0.1, 0.15) is 0 Å². The molecule has 0 radical (unpaired) electrons. The van der Waals surface area contributed by atoms with E-state index >= 15 is 0 Å². The van der Waals surface area contributed by atoms with Crippen molar-refractivity contribution in [3.8, 4) is 0 Å². The highest BCUT2D eigenvalue weighted by molar-refractivity contribution is 5.02. The Morgan fingerprint density at radius 1 is 1.20 bits per heavy atom. The first kappa shape index (κ1) is 14.8. The monoisotopic (exact) mass is 280 g/mol. The Hall–Kier alpha value is -0.120. The number of nitrogens with zero attached hydrogens (tertiary/aromatic N) is 1. The zero-order valence-corrected chi connectivity index (χ0v) is 13.5. The largest absolute Gasteiger partial charge is 0.370 e. The van der Waals surface area contributed by atoms with Crippen LogP contribution in [0.1, 0.15) is 59.3 Å². The molecule has 116 valence electrons.